The van der Waals surface area contributed by atoms with Crippen molar-refractivity contribution in [3.05, 3.63) is 12.2 Å². The fourth-order valence-electron chi connectivity index (χ4n) is 2.39. The lowest BCUT2D eigenvalue weighted by Crippen LogP contribution is -2.18. The minimum Gasteiger partial charge on any atom is -0.479 e. The van der Waals surface area contributed by atoms with E-state index in [1.807, 2.05) is 0 Å². The first kappa shape index (κ1) is 22.6. The molecule has 0 aliphatic heterocycles. The molecule has 24 heavy (non-hydrogen) atoms. The van der Waals surface area contributed by atoms with Crippen molar-refractivity contribution in [2.75, 3.05) is 0 Å². The molecule has 0 saturated heterocycles. The average molecular weight is 344 g/mol. The second-order valence-electron chi connectivity index (χ2n) is 6.16. The Morgan fingerprint density at radius 1 is 0.625 bits per heavy atom. The lowest BCUT2D eigenvalue weighted by Gasteiger charge is -2.04. The molecule has 0 rings (SSSR count). The third kappa shape index (κ3) is 14.2. The topological polar surface area (TPSA) is 115 Å². The highest BCUT2D eigenvalue weighted by atomic mass is 16.4. The van der Waals surface area contributed by atoms with Gasteiger partial charge in [0.1, 0.15) is 0 Å². The Hall–Kier alpha value is -1.40. The second-order valence-corrected chi connectivity index (χ2v) is 6.16. The molecule has 140 valence electrons. The Morgan fingerprint density at radius 2 is 0.958 bits per heavy atom. The monoisotopic (exact) mass is 344 g/mol. The summed E-state index contributed by atoms with van der Waals surface area (Å²) < 4.78 is 0. The van der Waals surface area contributed by atoms with Crippen LogP contribution in [0, 0.1) is 0 Å². The van der Waals surface area contributed by atoms with Crippen LogP contribution in [0.15, 0.2) is 12.2 Å². The first-order chi connectivity index (χ1) is 11.4. The zero-order valence-electron chi connectivity index (χ0n) is 14.4. The molecule has 0 heterocycles. The maximum Gasteiger partial charge on any atom is 0.332 e. The van der Waals surface area contributed by atoms with Gasteiger partial charge in [-0.15, -0.1) is 0 Å². The highest BCUT2D eigenvalue weighted by Gasteiger charge is 2.12. The fourth-order valence-corrected chi connectivity index (χ4v) is 2.39. The largest absolute Gasteiger partial charge is 0.479 e. The summed E-state index contributed by atoms with van der Waals surface area (Å²) in [6, 6.07) is 0. The van der Waals surface area contributed by atoms with Crippen molar-refractivity contribution in [2.45, 2.75) is 89.3 Å². The summed E-state index contributed by atoms with van der Waals surface area (Å²) in [5.41, 5.74) is 0. The molecule has 4 N–H and O–H groups in total. The molecule has 0 fully saturated rings. The van der Waals surface area contributed by atoms with E-state index in [0.29, 0.717) is 12.8 Å². The summed E-state index contributed by atoms with van der Waals surface area (Å²) in [4.78, 5) is 20.8. The first-order valence-electron chi connectivity index (χ1n) is 8.92. The SMILES string of the molecule is O=C(O)C(O)CCCCCCC=CCCCCCCC(O)C(=O)O. The van der Waals surface area contributed by atoms with Crippen LogP contribution in [-0.4, -0.2) is 44.6 Å². The zero-order chi connectivity index (χ0) is 18.2. The van der Waals surface area contributed by atoms with E-state index < -0.39 is 24.1 Å². The van der Waals surface area contributed by atoms with Gasteiger partial charge in [0.05, 0.1) is 0 Å². The van der Waals surface area contributed by atoms with Gasteiger partial charge in [-0.1, -0.05) is 50.7 Å². The fraction of sp³-hybridized carbons (Fsp3) is 0.778. The standard InChI is InChI=1S/C18H32O6/c19-15(17(21)22)13-11-9-7-5-3-1-2-4-6-8-10-12-14-16(20)18(23)24/h1-2,15-16,19-20H,3-14H2,(H,21,22)(H,23,24). The molecule has 0 aromatic rings. The van der Waals surface area contributed by atoms with Gasteiger partial charge in [0, 0.05) is 0 Å². The number of unbranched alkanes of at least 4 members (excludes halogenated alkanes) is 8. The van der Waals surface area contributed by atoms with E-state index in [2.05, 4.69) is 12.2 Å². The molecular weight excluding hydrogens is 312 g/mol. The molecule has 0 aromatic heterocycles. The Bertz CT molecular complexity index is 333. The van der Waals surface area contributed by atoms with Crippen molar-refractivity contribution in [1.82, 2.24) is 0 Å². The van der Waals surface area contributed by atoms with Gasteiger partial charge in [-0.05, 0) is 38.5 Å². The Kier molecular flexibility index (Phi) is 14.3. The molecule has 0 radical (unpaired) electrons. The molecule has 0 aromatic carbocycles. The number of aliphatic carboxylic acids is 2. The van der Waals surface area contributed by atoms with Gasteiger partial charge in [0.2, 0.25) is 0 Å². The predicted molar refractivity (Wildman–Crippen MR) is 91.8 cm³/mol. The number of hydrogen-bond donors (Lipinski definition) is 4. The normalized spacial score (nSPS) is 13.9. The van der Waals surface area contributed by atoms with Gasteiger partial charge >= 0.3 is 11.9 Å². The van der Waals surface area contributed by atoms with Gasteiger partial charge in [-0.3, -0.25) is 0 Å². The minimum atomic E-state index is -1.22. The van der Waals surface area contributed by atoms with Gasteiger partial charge in [-0.25, -0.2) is 9.59 Å². The number of aliphatic hydroxyl groups excluding tert-OH is 2. The molecule has 2 atom stereocenters. The molecular formula is C18H32O6. The molecule has 6 nitrogen and oxygen atoms in total. The minimum absolute atomic E-state index is 0.328. The van der Waals surface area contributed by atoms with Crippen molar-refractivity contribution in [1.29, 1.82) is 0 Å². The molecule has 0 amide bonds. The smallest absolute Gasteiger partial charge is 0.332 e. The highest BCUT2D eigenvalue weighted by Crippen LogP contribution is 2.10. The van der Waals surface area contributed by atoms with Crippen LogP contribution in [0.3, 0.4) is 0 Å². The summed E-state index contributed by atoms with van der Waals surface area (Å²) in [6.45, 7) is 0. The number of carboxylic acids is 2. The van der Waals surface area contributed by atoms with Gasteiger partial charge < -0.3 is 20.4 Å². The maximum absolute atomic E-state index is 10.4. The number of carbonyl (C=O) groups is 2. The van der Waals surface area contributed by atoms with E-state index in [1.54, 1.807) is 0 Å². The van der Waals surface area contributed by atoms with Crippen molar-refractivity contribution in [3.8, 4) is 0 Å². The maximum atomic E-state index is 10.4. The summed E-state index contributed by atoms with van der Waals surface area (Å²) >= 11 is 0. The summed E-state index contributed by atoms with van der Waals surface area (Å²) in [5, 5.41) is 35.3. The van der Waals surface area contributed by atoms with Crippen LogP contribution in [0.25, 0.3) is 0 Å². The number of carboxylic acid groups (broad SMARTS) is 2. The molecule has 0 aliphatic rings. The van der Waals surface area contributed by atoms with Gasteiger partial charge in [0.25, 0.3) is 0 Å². The molecule has 0 aliphatic carbocycles. The van der Waals surface area contributed by atoms with Crippen LogP contribution in [-0.2, 0) is 9.59 Å². The zero-order valence-corrected chi connectivity index (χ0v) is 14.4. The van der Waals surface area contributed by atoms with E-state index in [4.69, 9.17) is 20.4 Å². The van der Waals surface area contributed by atoms with Crippen molar-refractivity contribution in [3.63, 3.8) is 0 Å². The number of rotatable bonds is 16. The Balaban J connectivity index is 3.27. The predicted octanol–water partition coefficient (Wildman–Crippen LogP) is 3.11. The summed E-state index contributed by atoms with van der Waals surface area (Å²) in [7, 11) is 0. The van der Waals surface area contributed by atoms with E-state index in [9.17, 15) is 9.59 Å². The number of allylic oxidation sites excluding steroid dienone is 2. The molecule has 6 heteroatoms. The summed E-state index contributed by atoms with van der Waals surface area (Å²) in [6.07, 6.45) is 12.2. The van der Waals surface area contributed by atoms with Crippen LogP contribution < -0.4 is 0 Å². The first-order valence-corrected chi connectivity index (χ1v) is 8.92. The van der Waals surface area contributed by atoms with Crippen molar-refractivity contribution >= 4 is 11.9 Å². The molecule has 0 spiro atoms. The third-order valence-corrected chi connectivity index (χ3v) is 3.93. The highest BCUT2D eigenvalue weighted by molar-refractivity contribution is 5.72. The molecule has 0 saturated carbocycles. The van der Waals surface area contributed by atoms with E-state index >= 15 is 0 Å². The van der Waals surface area contributed by atoms with Gasteiger partial charge in [0.15, 0.2) is 12.2 Å². The van der Waals surface area contributed by atoms with Crippen molar-refractivity contribution in [2.24, 2.45) is 0 Å². The lowest BCUT2D eigenvalue weighted by atomic mass is 10.1. The Morgan fingerprint density at radius 3 is 1.29 bits per heavy atom. The van der Waals surface area contributed by atoms with Crippen LogP contribution >= 0.6 is 0 Å². The van der Waals surface area contributed by atoms with E-state index in [-0.39, 0.29) is 0 Å². The quantitative estimate of drug-likeness (QED) is 0.253. The van der Waals surface area contributed by atoms with Crippen LogP contribution in [0.4, 0.5) is 0 Å². The molecule has 0 bridgehead atoms. The van der Waals surface area contributed by atoms with Gasteiger partial charge in [-0.2, -0.15) is 0 Å². The van der Waals surface area contributed by atoms with Crippen LogP contribution in [0.2, 0.25) is 0 Å². The summed E-state index contributed by atoms with van der Waals surface area (Å²) in [5.74, 6) is -2.29. The number of hydrogen-bond acceptors (Lipinski definition) is 4. The third-order valence-electron chi connectivity index (χ3n) is 3.93. The van der Waals surface area contributed by atoms with Crippen molar-refractivity contribution < 1.29 is 30.0 Å². The average Bonchev–Trinajstić information content (AvgIpc) is 2.54. The van der Waals surface area contributed by atoms with E-state index in [1.165, 1.54) is 0 Å². The van der Waals surface area contributed by atoms with Crippen LogP contribution in [0.1, 0.15) is 77.0 Å². The van der Waals surface area contributed by atoms with Crippen LogP contribution in [0.5, 0.6) is 0 Å². The molecule has 2 unspecified atom stereocenters. The van der Waals surface area contributed by atoms with E-state index in [0.717, 1.165) is 64.2 Å². The Labute approximate surface area is 144 Å². The lowest BCUT2D eigenvalue weighted by molar-refractivity contribution is -0.147. The second kappa shape index (κ2) is 15.1. The number of aliphatic hydroxyl groups is 2.